The Labute approximate surface area is 121 Å². The molecule has 0 bridgehead atoms. The van der Waals surface area contributed by atoms with Gasteiger partial charge in [-0.3, -0.25) is 5.43 Å². The van der Waals surface area contributed by atoms with Gasteiger partial charge in [-0.2, -0.15) is 15.0 Å². The molecule has 2 heterocycles. The lowest BCUT2D eigenvalue weighted by molar-refractivity contribution is 0.152. The van der Waals surface area contributed by atoms with E-state index >= 15 is 0 Å². The number of alkyl halides is 2. The van der Waals surface area contributed by atoms with Gasteiger partial charge in [-0.15, -0.1) is 0 Å². The average Bonchev–Trinajstić information content (AvgIpc) is 3.00. The van der Waals surface area contributed by atoms with E-state index in [-0.39, 0.29) is 25.0 Å². The molecule has 8 nitrogen and oxygen atoms in total. The van der Waals surface area contributed by atoms with Crippen LogP contribution in [-0.2, 0) is 0 Å². The molecule has 4 N–H and O–H groups in total. The molecule has 2 rings (SSSR count). The maximum atomic E-state index is 12.6. The van der Waals surface area contributed by atoms with E-state index < -0.39 is 13.0 Å². The smallest absolute Gasteiger partial charge is 0.255 e. The summed E-state index contributed by atoms with van der Waals surface area (Å²) in [5, 5.41) is 9.01. The number of rotatable bonds is 7. The molecule has 10 heteroatoms. The van der Waals surface area contributed by atoms with Gasteiger partial charge in [0.05, 0.1) is 13.2 Å². The summed E-state index contributed by atoms with van der Waals surface area (Å²) in [6.07, 6.45) is -0.494. The quantitative estimate of drug-likeness (QED) is 0.471. The lowest BCUT2D eigenvalue weighted by Crippen LogP contribution is -2.34. The van der Waals surface area contributed by atoms with Crippen molar-refractivity contribution in [3.05, 3.63) is 0 Å². The number of halogens is 2. The number of aliphatic hydroxyl groups is 1. The second-order valence-electron chi connectivity index (χ2n) is 4.66. The van der Waals surface area contributed by atoms with Crippen LogP contribution in [-0.4, -0.2) is 59.3 Å². The number of hydrogen-bond donors (Lipinski definition) is 3. The zero-order chi connectivity index (χ0) is 15.2. The van der Waals surface area contributed by atoms with Gasteiger partial charge in [-0.1, -0.05) is 0 Å². The molecule has 0 radical (unpaired) electrons. The van der Waals surface area contributed by atoms with Crippen molar-refractivity contribution >= 4 is 17.8 Å². The van der Waals surface area contributed by atoms with Gasteiger partial charge in [0, 0.05) is 19.6 Å². The van der Waals surface area contributed by atoms with Crippen LogP contribution in [0.25, 0.3) is 0 Å². The van der Waals surface area contributed by atoms with E-state index in [2.05, 4.69) is 20.4 Å². The standard InChI is InChI=1S/C11H19F2N7O/c12-8(13)7-20(5-6-21)11-16-9(18-14)15-10(17-11)19-3-1-2-4-19/h8,21H,1-7,14H2,(H,15,16,17,18). The van der Waals surface area contributed by atoms with Crippen molar-refractivity contribution in [2.24, 2.45) is 5.84 Å². The first-order chi connectivity index (χ1) is 10.1. The van der Waals surface area contributed by atoms with Gasteiger partial charge in [-0.25, -0.2) is 14.6 Å². The predicted molar refractivity (Wildman–Crippen MR) is 74.4 cm³/mol. The van der Waals surface area contributed by atoms with Crippen LogP contribution in [0.5, 0.6) is 0 Å². The second-order valence-corrected chi connectivity index (χ2v) is 4.66. The molecule has 21 heavy (non-hydrogen) atoms. The maximum Gasteiger partial charge on any atom is 0.255 e. The summed E-state index contributed by atoms with van der Waals surface area (Å²) in [6, 6.07) is 0. The number of aromatic nitrogens is 3. The summed E-state index contributed by atoms with van der Waals surface area (Å²) >= 11 is 0. The third-order valence-electron chi connectivity index (χ3n) is 3.14. The van der Waals surface area contributed by atoms with Gasteiger partial charge < -0.3 is 14.9 Å². The number of anilines is 3. The highest BCUT2D eigenvalue weighted by molar-refractivity contribution is 5.45. The molecule has 1 aliphatic heterocycles. The number of hydrogen-bond acceptors (Lipinski definition) is 8. The molecule has 0 saturated carbocycles. The Morgan fingerprint density at radius 3 is 2.57 bits per heavy atom. The van der Waals surface area contributed by atoms with Crippen molar-refractivity contribution in [1.82, 2.24) is 15.0 Å². The van der Waals surface area contributed by atoms with Crippen LogP contribution in [0.2, 0.25) is 0 Å². The maximum absolute atomic E-state index is 12.6. The summed E-state index contributed by atoms with van der Waals surface area (Å²) in [5.74, 6) is 5.92. The highest BCUT2D eigenvalue weighted by Crippen LogP contribution is 2.20. The Kier molecular flexibility index (Phi) is 5.39. The first kappa shape index (κ1) is 15.6. The van der Waals surface area contributed by atoms with Crippen molar-refractivity contribution in [2.75, 3.05) is 48.0 Å². The van der Waals surface area contributed by atoms with Gasteiger partial charge in [-0.05, 0) is 12.8 Å². The predicted octanol–water partition coefficient (Wildman–Crippen LogP) is -0.179. The monoisotopic (exact) mass is 303 g/mol. The Hall–Kier alpha value is -1.81. The minimum Gasteiger partial charge on any atom is -0.395 e. The van der Waals surface area contributed by atoms with E-state index in [1.807, 2.05) is 4.90 Å². The number of aliphatic hydroxyl groups excluding tert-OH is 1. The van der Waals surface area contributed by atoms with Gasteiger partial charge in [0.15, 0.2) is 0 Å². The third-order valence-corrected chi connectivity index (χ3v) is 3.14. The summed E-state index contributed by atoms with van der Waals surface area (Å²) < 4.78 is 25.3. The van der Waals surface area contributed by atoms with Gasteiger partial charge in [0.25, 0.3) is 6.43 Å². The van der Waals surface area contributed by atoms with Crippen LogP contribution in [0, 0.1) is 0 Å². The van der Waals surface area contributed by atoms with Gasteiger partial charge in [0.2, 0.25) is 17.8 Å². The van der Waals surface area contributed by atoms with Crippen LogP contribution in [0.3, 0.4) is 0 Å². The number of nitrogens with one attached hydrogen (secondary N) is 1. The van der Waals surface area contributed by atoms with E-state index in [0.29, 0.717) is 5.95 Å². The Morgan fingerprint density at radius 2 is 2.00 bits per heavy atom. The molecule has 0 aromatic carbocycles. The first-order valence-corrected chi connectivity index (χ1v) is 6.75. The van der Waals surface area contributed by atoms with E-state index in [1.165, 1.54) is 4.90 Å². The summed E-state index contributed by atoms with van der Waals surface area (Å²) in [5.41, 5.74) is 2.32. The SMILES string of the molecule is NNc1nc(N2CCCC2)nc(N(CCO)CC(F)F)n1. The molecule has 0 amide bonds. The molecular formula is C11H19F2N7O. The molecule has 0 aliphatic carbocycles. The molecule has 1 aromatic rings. The van der Waals surface area contributed by atoms with Crippen molar-refractivity contribution in [3.8, 4) is 0 Å². The normalized spacial score (nSPS) is 14.8. The third kappa shape index (κ3) is 4.08. The molecule has 0 atom stereocenters. The van der Waals surface area contributed by atoms with Crippen molar-refractivity contribution < 1.29 is 13.9 Å². The first-order valence-electron chi connectivity index (χ1n) is 6.75. The highest BCUT2D eigenvalue weighted by atomic mass is 19.3. The fourth-order valence-electron chi connectivity index (χ4n) is 2.18. The van der Waals surface area contributed by atoms with Crippen LogP contribution in [0.15, 0.2) is 0 Å². The fraction of sp³-hybridized carbons (Fsp3) is 0.727. The molecule has 1 aromatic heterocycles. The zero-order valence-electron chi connectivity index (χ0n) is 11.5. The Morgan fingerprint density at radius 1 is 1.29 bits per heavy atom. The minimum atomic E-state index is -2.56. The lowest BCUT2D eigenvalue weighted by Gasteiger charge is -2.23. The number of nitrogen functional groups attached to an aromatic ring is 1. The largest absolute Gasteiger partial charge is 0.395 e. The lowest BCUT2D eigenvalue weighted by atomic mass is 10.4. The van der Waals surface area contributed by atoms with E-state index in [0.717, 1.165) is 25.9 Å². The van der Waals surface area contributed by atoms with Crippen LogP contribution in [0.4, 0.5) is 26.6 Å². The molecule has 118 valence electrons. The van der Waals surface area contributed by atoms with Crippen LogP contribution in [0.1, 0.15) is 12.8 Å². The van der Waals surface area contributed by atoms with Crippen molar-refractivity contribution in [2.45, 2.75) is 19.3 Å². The summed E-state index contributed by atoms with van der Waals surface area (Å²) in [4.78, 5) is 15.5. The van der Waals surface area contributed by atoms with Gasteiger partial charge in [0.1, 0.15) is 0 Å². The molecule has 0 unspecified atom stereocenters. The molecule has 1 aliphatic rings. The van der Waals surface area contributed by atoms with Gasteiger partial charge >= 0.3 is 0 Å². The van der Waals surface area contributed by atoms with E-state index in [1.54, 1.807) is 0 Å². The second kappa shape index (κ2) is 7.27. The van der Waals surface area contributed by atoms with Crippen molar-refractivity contribution in [3.63, 3.8) is 0 Å². The average molecular weight is 303 g/mol. The number of hydrazine groups is 1. The zero-order valence-corrected chi connectivity index (χ0v) is 11.5. The number of nitrogens with zero attached hydrogens (tertiary/aromatic N) is 5. The minimum absolute atomic E-state index is 0.0117. The molecule has 0 spiro atoms. The van der Waals surface area contributed by atoms with Crippen LogP contribution >= 0.6 is 0 Å². The van der Waals surface area contributed by atoms with Crippen LogP contribution < -0.4 is 21.1 Å². The Bertz CT molecular complexity index is 456. The summed E-state index contributed by atoms with van der Waals surface area (Å²) in [6.45, 7) is 0.791. The molecule has 1 saturated heterocycles. The van der Waals surface area contributed by atoms with E-state index in [9.17, 15) is 8.78 Å². The van der Waals surface area contributed by atoms with Crippen molar-refractivity contribution in [1.29, 1.82) is 0 Å². The molecule has 1 fully saturated rings. The van der Waals surface area contributed by atoms with E-state index in [4.69, 9.17) is 10.9 Å². The number of nitrogens with two attached hydrogens (primary N) is 1. The summed E-state index contributed by atoms with van der Waals surface area (Å²) in [7, 11) is 0. The Balaban J connectivity index is 2.28. The topological polar surface area (TPSA) is 103 Å². The fourth-order valence-corrected chi connectivity index (χ4v) is 2.18. The molecular weight excluding hydrogens is 284 g/mol. The highest BCUT2D eigenvalue weighted by Gasteiger charge is 2.21.